The zero-order chi connectivity index (χ0) is 29.1. The Morgan fingerprint density at radius 3 is 2.56 bits per heavy atom. The molecule has 0 amide bonds. The molecule has 0 aliphatic heterocycles. The van der Waals surface area contributed by atoms with E-state index in [0.717, 1.165) is 39.0 Å². The molecule has 0 spiro atoms. The molecule has 0 atom stereocenters. The van der Waals surface area contributed by atoms with Crippen molar-refractivity contribution in [1.82, 2.24) is 34.1 Å². The van der Waals surface area contributed by atoms with Gasteiger partial charge in [0.15, 0.2) is 0 Å². The van der Waals surface area contributed by atoms with E-state index >= 15 is 0 Å². The Balaban J connectivity index is 1.38. The SMILES string of the molecule is Cc1cc2cnc(-c3c(OC(F)F)ncnc3C3CC3)nc2n1Cc1ccc(-c2nc(C(F)(F)F)cn2C(C)C)[se]1. The predicted octanol–water partition coefficient (Wildman–Crippen LogP) is 6.24. The molecule has 0 unspecified atom stereocenters. The topological polar surface area (TPSA) is 83.5 Å². The average molecular weight is 636 g/mol. The molecule has 1 fully saturated rings. The van der Waals surface area contributed by atoms with Crippen LogP contribution in [0.15, 0.2) is 36.9 Å². The molecular weight excluding hydrogens is 612 g/mol. The van der Waals surface area contributed by atoms with Crippen molar-refractivity contribution in [3.8, 4) is 27.5 Å². The molecule has 1 saturated carbocycles. The van der Waals surface area contributed by atoms with Crippen LogP contribution in [0.5, 0.6) is 5.88 Å². The summed E-state index contributed by atoms with van der Waals surface area (Å²) in [5, 5.41) is 0.761. The summed E-state index contributed by atoms with van der Waals surface area (Å²) >= 11 is -0.273. The van der Waals surface area contributed by atoms with Crippen molar-refractivity contribution < 1.29 is 26.7 Å². The van der Waals surface area contributed by atoms with E-state index < -0.39 is 18.5 Å². The number of imidazole rings is 1. The number of hydrogen-bond donors (Lipinski definition) is 0. The van der Waals surface area contributed by atoms with Gasteiger partial charge in [-0.1, -0.05) is 0 Å². The number of aromatic nitrogens is 7. The quantitative estimate of drug-likeness (QED) is 0.148. The first-order valence-electron chi connectivity index (χ1n) is 12.9. The van der Waals surface area contributed by atoms with Crippen LogP contribution in [0.1, 0.15) is 60.2 Å². The molecule has 5 aromatic heterocycles. The summed E-state index contributed by atoms with van der Waals surface area (Å²) in [5.74, 6) is 0.354. The molecule has 1 aliphatic rings. The molecule has 0 N–H and O–H groups in total. The van der Waals surface area contributed by atoms with Gasteiger partial charge in [-0.25, -0.2) is 0 Å². The summed E-state index contributed by atoms with van der Waals surface area (Å²) in [6, 6.07) is 5.48. The number of ether oxygens (including phenoxy) is 1. The third-order valence-corrected chi connectivity index (χ3v) is 9.08. The van der Waals surface area contributed by atoms with E-state index in [1.54, 1.807) is 10.8 Å². The van der Waals surface area contributed by atoms with Gasteiger partial charge in [-0.2, -0.15) is 0 Å². The van der Waals surface area contributed by atoms with Gasteiger partial charge in [-0.3, -0.25) is 0 Å². The Kier molecular flexibility index (Phi) is 6.93. The Labute approximate surface area is 237 Å². The van der Waals surface area contributed by atoms with Crippen molar-refractivity contribution in [2.75, 3.05) is 0 Å². The van der Waals surface area contributed by atoms with Crippen molar-refractivity contribution in [2.45, 2.75) is 64.9 Å². The molecule has 8 nitrogen and oxygen atoms in total. The van der Waals surface area contributed by atoms with Crippen LogP contribution in [0.2, 0.25) is 0 Å². The normalized spacial score (nSPS) is 14.1. The monoisotopic (exact) mass is 637 g/mol. The zero-order valence-electron chi connectivity index (χ0n) is 22.2. The van der Waals surface area contributed by atoms with Crippen molar-refractivity contribution >= 4 is 25.5 Å². The zero-order valence-corrected chi connectivity index (χ0v) is 23.9. The Hall–Kier alpha value is -3.64. The summed E-state index contributed by atoms with van der Waals surface area (Å²) in [6.07, 6.45) is 1.13. The van der Waals surface area contributed by atoms with E-state index in [1.807, 2.05) is 43.5 Å². The van der Waals surface area contributed by atoms with E-state index in [2.05, 4.69) is 19.9 Å². The van der Waals surface area contributed by atoms with Crippen LogP contribution in [0.25, 0.3) is 32.7 Å². The van der Waals surface area contributed by atoms with E-state index in [9.17, 15) is 22.0 Å². The first-order valence-corrected chi connectivity index (χ1v) is 14.6. The summed E-state index contributed by atoms with van der Waals surface area (Å²) in [7, 11) is 0. The maximum absolute atomic E-state index is 13.4. The van der Waals surface area contributed by atoms with Crippen molar-refractivity contribution in [1.29, 1.82) is 0 Å². The molecule has 0 bridgehead atoms. The van der Waals surface area contributed by atoms with Crippen molar-refractivity contribution in [3.63, 3.8) is 0 Å². The average Bonchev–Trinajstić information content (AvgIpc) is 3.33. The van der Waals surface area contributed by atoms with Crippen molar-refractivity contribution in [3.05, 3.63) is 58.4 Å². The molecule has 6 rings (SSSR count). The number of nitrogens with zero attached hydrogens (tertiary/aromatic N) is 7. The van der Waals surface area contributed by atoms with Crippen LogP contribution in [0.3, 0.4) is 0 Å². The third-order valence-electron chi connectivity index (χ3n) is 6.85. The molecule has 41 heavy (non-hydrogen) atoms. The van der Waals surface area contributed by atoms with E-state index in [1.165, 1.54) is 6.33 Å². The van der Waals surface area contributed by atoms with Gasteiger partial charge in [-0.15, -0.1) is 0 Å². The molecule has 5 heterocycles. The fraction of sp³-hybridized carbons (Fsp3) is 0.370. The number of halogens is 5. The second-order valence-electron chi connectivity index (χ2n) is 10.2. The number of aryl methyl sites for hydroxylation is 1. The van der Waals surface area contributed by atoms with Gasteiger partial charge in [0.2, 0.25) is 0 Å². The first-order chi connectivity index (χ1) is 19.5. The fourth-order valence-corrected chi connectivity index (χ4v) is 6.85. The van der Waals surface area contributed by atoms with E-state index in [-0.39, 0.29) is 43.7 Å². The van der Waals surface area contributed by atoms with Gasteiger partial charge >= 0.3 is 237 Å². The van der Waals surface area contributed by atoms with Gasteiger partial charge in [0.05, 0.1) is 0 Å². The number of fused-ring (bicyclic) bond motifs is 1. The molecule has 214 valence electrons. The van der Waals surface area contributed by atoms with Crippen molar-refractivity contribution in [2.24, 2.45) is 0 Å². The standard InChI is InChI=1S/C27H24F5N7OSe/c1-13(2)38-11-19(27(30,31)32)36-24(38)18-7-6-17(41-18)10-39-14(3)8-16-9-33-22(37-23(16)39)20-21(15-4-5-15)34-12-35-25(20)40-26(28)29/h6-9,11-13,15,26H,4-5,10H2,1-3H3. The molecule has 0 saturated heterocycles. The first kappa shape index (κ1) is 27.5. The Morgan fingerprint density at radius 2 is 1.88 bits per heavy atom. The Bertz CT molecular complexity index is 1740. The maximum atomic E-state index is 13.4. The second-order valence-corrected chi connectivity index (χ2v) is 12.6. The molecular formula is C27H24F5N7OSe. The number of hydrogen-bond acceptors (Lipinski definition) is 6. The minimum absolute atomic E-state index is 0.105. The summed E-state index contributed by atoms with van der Waals surface area (Å²) in [4.78, 5) is 21.4. The van der Waals surface area contributed by atoms with Crippen LogP contribution >= 0.6 is 0 Å². The molecule has 0 aromatic carbocycles. The van der Waals surface area contributed by atoms with Gasteiger partial charge in [0.1, 0.15) is 0 Å². The number of rotatable bonds is 8. The van der Waals surface area contributed by atoms with Crippen LogP contribution in [-0.2, 0) is 12.7 Å². The molecule has 1 aliphatic carbocycles. The van der Waals surface area contributed by atoms with Gasteiger partial charge in [0.25, 0.3) is 0 Å². The van der Waals surface area contributed by atoms with Crippen LogP contribution in [0, 0.1) is 6.92 Å². The molecule has 5 aromatic rings. The Morgan fingerprint density at radius 1 is 1.10 bits per heavy atom. The third kappa shape index (κ3) is 5.38. The summed E-state index contributed by atoms with van der Waals surface area (Å²) < 4.78 is 76.6. The van der Waals surface area contributed by atoms with E-state index in [4.69, 9.17) is 9.72 Å². The van der Waals surface area contributed by atoms with Crippen LogP contribution in [-0.4, -0.2) is 55.2 Å². The fourth-order valence-electron chi connectivity index (χ4n) is 4.77. The summed E-state index contributed by atoms with van der Waals surface area (Å²) in [5.41, 5.74) is 1.43. The van der Waals surface area contributed by atoms with Crippen LogP contribution < -0.4 is 4.74 Å². The summed E-state index contributed by atoms with van der Waals surface area (Å²) in [6.45, 7) is 2.94. The minimum atomic E-state index is -4.53. The van der Waals surface area contributed by atoms with Gasteiger partial charge in [0, 0.05) is 0 Å². The van der Waals surface area contributed by atoms with Gasteiger partial charge in [-0.05, 0) is 0 Å². The van der Waals surface area contributed by atoms with Gasteiger partial charge < -0.3 is 0 Å². The molecule has 0 radical (unpaired) electrons. The van der Waals surface area contributed by atoms with Crippen LogP contribution in [0.4, 0.5) is 22.0 Å². The molecule has 14 heteroatoms. The predicted molar refractivity (Wildman–Crippen MR) is 141 cm³/mol. The van der Waals surface area contributed by atoms with E-state index in [0.29, 0.717) is 23.7 Å². The number of alkyl halides is 5. The second kappa shape index (κ2) is 10.3.